The van der Waals surface area contributed by atoms with Gasteiger partial charge in [-0.25, -0.2) is 0 Å². The Kier molecular flexibility index (Phi) is 6.76. The van der Waals surface area contributed by atoms with Gasteiger partial charge in [-0.15, -0.1) is 0 Å². The Morgan fingerprint density at radius 1 is 1.39 bits per heavy atom. The van der Waals surface area contributed by atoms with E-state index in [-0.39, 0.29) is 5.97 Å². The second-order valence-corrected chi connectivity index (χ2v) is 4.43. The van der Waals surface area contributed by atoms with Crippen molar-refractivity contribution < 1.29 is 9.53 Å². The highest BCUT2D eigenvalue weighted by Gasteiger charge is 2.07. The summed E-state index contributed by atoms with van der Waals surface area (Å²) in [5.74, 6) is -0.123. The van der Waals surface area contributed by atoms with Crippen LogP contribution >= 0.6 is 11.6 Å². The van der Waals surface area contributed by atoms with Gasteiger partial charge in [-0.05, 0) is 43.1 Å². The highest BCUT2D eigenvalue weighted by Crippen LogP contribution is 2.18. The third-order valence-corrected chi connectivity index (χ3v) is 2.88. The van der Waals surface area contributed by atoms with E-state index in [0.29, 0.717) is 13.0 Å². The van der Waals surface area contributed by atoms with Gasteiger partial charge < -0.3 is 10.1 Å². The molecule has 100 valence electrons. The number of halogens is 1. The van der Waals surface area contributed by atoms with Gasteiger partial charge in [-0.2, -0.15) is 0 Å². The summed E-state index contributed by atoms with van der Waals surface area (Å²) in [6.45, 7) is 6.14. The number of rotatable bonds is 2. The number of esters is 1. The minimum Gasteiger partial charge on any atom is -0.466 e. The molecule has 1 aromatic carbocycles. The van der Waals surface area contributed by atoms with Crippen molar-refractivity contribution in [3.05, 3.63) is 34.3 Å². The Labute approximate surface area is 113 Å². The van der Waals surface area contributed by atoms with Gasteiger partial charge in [-0.3, -0.25) is 4.79 Å². The van der Waals surface area contributed by atoms with Crippen LogP contribution in [0.25, 0.3) is 0 Å². The van der Waals surface area contributed by atoms with E-state index in [4.69, 9.17) is 11.6 Å². The summed E-state index contributed by atoms with van der Waals surface area (Å²) >= 11 is 5.86. The topological polar surface area (TPSA) is 38.3 Å². The minimum absolute atomic E-state index is 0.123. The Bertz CT molecular complexity index is 393. The quantitative estimate of drug-likeness (QED) is 0.839. The van der Waals surface area contributed by atoms with Crippen molar-refractivity contribution in [1.29, 1.82) is 0 Å². The number of nitrogens with one attached hydrogen (secondary N) is 1. The number of fused-ring (bicyclic) bond motifs is 1. The van der Waals surface area contributed by atoms with Crippen molar-refractivity contribution in [2.75, 3.05) is 13.2 Å². The molecule has 0 fully saturated rings. The maximum Gasteiger partial charge on any atom is 0.305 e. The van der Waals surface area contributed by atoms with Gasteiger partial charge in [0.25, 0.3) is 0 Å². The second-order valence-electron chi connectivity index (χ2n) is 4.00. The minimum atomic E-state index is -0.123. The highest BCUT2D eigenvalue weighted by molar-refractivity contribution is 6.30. The molecule has 1 aliphatic heterocycles. The number of hydrogen-bond donors (Lipinski definition) is 1. The molecule has 0 unspecified atom stereocenters. The highest BCUT2D eigenvalue weighted by atomic mass is 35.5. The molecule has 18 heavy (non-hydrogen) atoms. The molecule has 1 aliphatic rings. The van der Waals surface area contributed by atoms with Crippen LogP contribution in [-0.4, -0.2) is 19.1 Å². The molecule has 0 aromatic heterocycles. The maximum atomic E-state index is 10.2. The monoisotopic (exact) mass is 269 g/mol. The molecule has 0 saturated heterocycles. The van der Waals surface area contributed by atoms with Gasteiger partial charge in [0, 0.05) is 18.0 Å². The van der Waals surface area contributed by atoms with Crippen LogP contribution in [0, 0.1) is 0 Å². The smallest absolute Gasteiger partial charge is 0.305 e. The van der Waals surface area contributed by atoms with Crippen molar-refractivity contribution in [3.8, 4) is 0 Å². The van der Waals surface area contributed by atoms with Crippen LogP contribution in [0.3, 0.4) is 0 Å². The summed E-state index contributed by atoms with van der Waals surface area (Å²) in [4.78, 5) is 10.2. The largest absolute Gasteiger partial charge is 0.466 e. The predicted molar refractivity (Wildman–Crippen MR) is 73.8 cm³/mol. The molecule has 0 bridgehead atoms. The molecule has 2 rings (SSSR count). The van der Waals surface area contributed by atoms with Crippen LogP contribution in [0.5, 0.6) is 0 Å². The lowest BCUT2D eigenvalue weighted by Gasteiger charge is -2.16. The molecular weight excluding hydrogens is 250 g/mol. The fraction of sp³-hybridized carbons (Fsp3) is 0.500. The molecule has 4 heteroatoms. The van der Waals surface area contributed by atoms with E-state index < -0.39 is 0 Å². The average Bonchev–Trinajstić information content (AvgIpc) is 2.39. The van der Waals surface area contributed by atoms with Crippen molar-refractivity contribution >= 4 is 17.6 Å². The first-order chi connectivity index (χ1) is 8.67. The molecule has 0 spiro atoms. The average molecular weight is 270 g/mol. The molecule has 1 heterocycles. The van der Waals surface area contributed by atoms with Crippen LogP contribution in [-0.2, 0) is 22.5 Å². The maximum absolute atomic E-state index is 10.2. The lowest BCUT2D eigenvalue weighted by Crippen LogP contribution is -2.23. The normalized spacial score (nSPS) is 13.1. The Morgan fingerprint density at radius 2 is 2.17 bits per heavy atom. The molecule has 1 aromatic rings. The zero-order valence-corrected chi connectivity index (χ0v) is 11.7. The predicted octanol–water partition coefficient (Wildman–Crippen LogP) is 2.95. The summed E-state index contributed by atoms with van der Waals surface area (Å²) in [7, 11) is 0. The molecule has 1 N–H and O–H groups in total. The second kappa shape index (κ2) is 8.11. The number of ether oxygens (including phenoxy) is 1. The molecule has 0 atom stereocenters. The van der Waals surface area contributed by atoms with Gasteiger partial charge in [0.15, 0.2) is 0 Å². The summed E-state index contributed by atoms with van der Waals surface area (Å²) in [5.41, 5.74) is 2.79. The number of carbonyl (C=O) groups excluding carboxylic acids is 1. The Morgan fingerprint density at radius 3 is 2.78 bits per heavy atom. The Hall–Kier alpha value is -1.06. The van der Waals surface area contributed by atoms with E-state index in [9.17, 15) is 4.79 Å². The van der Waals surface area contributed by atoms with Crippen LogP contribution in [0.4, 0.5) is 0 Å². The van der Waals surface area contributed by atoms with E-state index in [0.717, 1.165) is 24.5 Å². The molecule has 0 radical (unpaired) electrons. The van der Waals surface area contributed by atoms with Crippen molar-refractivity contribution in [2.45, 2.75) is 33.2 Å². The van der Waals surface area contributed by atoms with Gasteiger partial charge in [0.1, 0.15) is 0 Å². The van der Waals surface area contributed by atoms with E-state index in [1.807, 2.05) is 6.07 Å². The van der Waals surface area contributed by atoms with Crippen molar-refractivity contribution in [3.63, 3.8) is 0 Å². The standard InChI is InChI=1S/C9H10ClN.C5H10O2/c10-9-2-1-8-6-11-4-3-7(8)5-9;1-3-5(6)7-4-2/h1-2,5,11H,3-4,6H2;3-4H2,1-2H3. The third-order valence-electron chi connectivity index (χ3n) is 2.65. The van der Waals surface area contributed by atoms with Gasteiger partial charge >= 0.3 is 5.97 Å². The van der Waals surface area contributed by atoms with Crippen LogP contribution in [0.1, 0.15) is 31.4 Å². The molecule has 3 nitrogen and oxygen atoms in total. The van der Waals surface area contributed by atoms with Gasteiger partial charge in [0.2, 0.25) is 0 Å². The van der Waals surface area contributed by atoms with Gasteiger partial charge in [-0.1, -0.05) is 24.6 Å². The number of carbonyl (C=O) groups is 1. The Balaban J connectivity index is 0.000000203. The van der Waals surface area contributed by atoms with Crippen LogP contribution < -0.4 is 5.32 Å². The van der Waals surface area contributed by atoms with Crippen LogP contribution in [0.15, 0.2) is 18.2 Å². The lowest BCUT2D eigenvalue weighted by molar-refractivity contribution is -0.142. The van der Waals surface area contributed by atoms with Gasteiger partial charge in [0.05, 0.1) is 6.61 Å². The summed E-state index contributed by atoms with van der Waals surface area (Å²) in [5, 5.41) is 4.17. The number of benzene rings is 1. The SMILES string of the molecule is CCOC(=O)CC.Clc1ccc2c(c1)CCNC2. The van der Waals surface area contributed by atoms with Crippen molar-refractivity contribution in [1.82, 2.24) is 5.32 Å². The van der Waals surface area contributed by atoms with Crippen LogP contribution in [0.2, 0.25) is 5.02 Å². The summed E-state index contributed by atoms with van der Waals surface area (Å²) in [6, 6.07) is 6.12. The summed E-state index contributed by atoms with van der Waals surface area (Å²) in [6.07, 6.45) is 1.59. The first kappa shape index (κ1) is 15.0. The number of hydrogen-bond acceptors (Lipinski definition) is 3. The molecule has 0 amide bonds. The van der Waals surface area contributed by atoms with Crippen molar-refractivity contribution in [2.24, 2.45) is 0 Å². The first-order valence-electron chi connectivity index (χ1n) is 6.31. The molecule has 0 aliphatic carbocycles. The van der Waals surface area contributed by atoms with E-state index >= 15 is 0 Å². The lowest BCUT2D eigenvalue weighted by atomic mass is 10.0. The third kappa shape index (κ3) is 5.07. The summed E-state index contributed by atoms with van der Waals surface area (Å²) < 4.78 is 4.55. The fourth-order valence-electron chi connectivity index (χ4n) is 1.71. The molecular formula is C14H20ClNO2. The fourth-order valence-corrected chi connectivity index (χ4v) is 1.90. The zero-order chi connectivity index (χ0) is 13.4. The van der Waals surface area contributed by atoms with E-state index in [1.54, 1.807) is 13.8 Å². The first-order valence-corrected chi connectivity index (χ1v) is 6.68. The zero-order valence-electron chi connectivity index (χ0n) is 11.0. The van der Waals surface area contributed by atoms with E-state index in [1.165, 1.54) is 11.1 Å². The van der Waals surface area contributed by atoms with E-state index in [2.05, 4.69) is 22.2 Å². The molecule has 0 saturated carbocycles.